The van der Waals surface area contributed by atoms with Crippen LogP contribution in [0.1, 0.15) is 40.5 Å². The molecule has 0 spiro atoms. The first kappa shape index (κ1) is 16.1. The molecule has 0 radical (unpaired) electrons. The molecule has 0 aliphatic heterocycles. The molecule has 1 aromatic rings. The van der Waals surface area contributed by atoms with E-state index in [4.69, 9.17) is 0 Å². The summed E-state index contributed by atoms with van der Waals surface area (Å²) in [5.41, 5.74) is -0.376. The summed E-state index contributed by atoms with van der Waals surface area (Å²) < 4.78 is 0. The fraction of sp³-hybridized carbons (Fsp3) is 0.692. The van der Waals surface area contributed by atoms with Crippen LogP contribution in [-0.2, 0) is 0 Å². The SMILES string of the molecule is CCCCN(C)c1ncnc(NC(C)(C)C)c1[N+](=O)[O-]. The second-order valence-corrected chi connectivity index (χ2v) is 5.80. The lowest BCUT2D eigenvalue weighted by Gasteiger charge is -2.23. The van der Waals surface area contributed by atoms with Crippen molar-refractivity contribution < 1.29 is 4.92 Å². The van der Waals surface area contributed by atoms with Crippen LogP contribution in [0.15, 0.2) is 6.33 Å². The van der Waals surface area contributed by atoms with E-state index in [1.807, 2.05) is 27.8 Å². The van der Waals surface area contributed by atoms with Crippen molar-refractivity contribution in [3.05, 3.63) is 16.4 Å². The third kappa shape index (κ3) is 4.32. The molecule has 0 atom stereocenters. The summed E-state index contributed by atoms with van der Waals surface area (Å²) in [6.07, 6.45) is 3.34. The zero-order valence-electron chi connectivity index (χ0n) is 12.8. The molecular weight excluding hydrogens is 258 g/mol. The van der Waals surface area contributed by atoms with Gasteiger partial charge in [-0.2, -0.15) is 0 Å². The highest BCUT2D eigenvalue weighted by atomic mass is 16.6. The van der Waals surface area contributed by atoms with Crippen LogP contribution in [0, 0.1) is 10.1 Å². The van der Waals surface area contributed by atoms with Crippen molar-refractivity contribution in [2.75, 3.05) is 23.8 Å². The van der Waals surface area contributed by atoms with Crippen LogP contribution in [0.25, 0.3) is 0 Å². The fourth-order valence-electron chi connectivity index (χ4n) is 1.76. The van der Waals surface area contributed by atoms with E-state index in [-0.39, 0.29) is 17.0 Å². The monoisotopic (exact) mass is 281 g/mol. The first-order chi connectivity index (χ1) is 9.26. The Morgan fingerprint density at radius 2 is 2.05 bits per heavy atom. The predicted molar refractivity (Wildman–Crippen MR) is 80.2 cm³/mol. The van der Waals surface area contributed by atoms with Crippen LogP contribution in [0.2, 0.25) is 0 Å². The van der Waals surface area contributed by atoms with Gasteiger partial charge in [-0.1, -0.05) is 13.3 Å². The van der Waals surface area contributed by atoms with Gasteiger partial charge in [0.25, 0.3) is 0 Å². The minimum absolute atomic E-state index is 0.0685. The molecular formula is C13H23N5O2. The van der Waals surface area contributed by atoms with Gasteiger partial charge in [0, 0.05) is 19.1 Å². The third-order valence-electron chi connectivity index (χ3n) is 2.69. The van der Waals surface area contributed by atoms with Crippen LogP contribution >= 0.6 is 0 Å². The summed E-state index contributed by atoms with van der Waals surface area (Å²) in [7, 11) is 1.81. The Morgan fingerprint density at radius 3 is 2.55 bits per heavy atom. The fourth-order valence-corrected chi connectivity index (χ4v) is 1.76. The molecule has 7 nitrogen and oxygen atoms in total. The molecule has 0 amide bonds. The number of aromatic nitrogens is 2. The van der Waals surface area contributed by atoms with Gasteiger partial charge in [0.15, 0.2) is 0 Å². The normalized spacial score (nSPS) is 11.2. The first-order valence-electron chi connectivity index (χ1n) is 6.75. The van der Waals surface area contributed by atoms with Crippen molar-refractivity contribution in [3.8, 4) is 0 Å². The van der Waals surface area contributed by atoms with Crippen LogP contribution in [0.3, 0.4) is 0 Å². The number of unbranched alkanes of at least 4 members (excludes halogenated alkanes) is 1. The molecule has 1 N–H and O–H groups in total. The van der Waals surface area contributed by atoms with Gasteiger partial charge in [0.1, 0.15) is 6.33 Å². The second-order valence-electron chi connectivity index (χ2n) is 5.80. The summed E-state index contributed by atoms with van der Waals surface area (Å²) in [6, 6.07) is 0. The molecule has 7 heteroatoms. The van der Waals surface area contributed by atoms with Crippen molar-refractivity contribution in [2.24, 2.45) is 0 Å². The zero-order valence-corrected chi connectivity index (χ0v) is 12.8. The van der Waals surface area contributed by atoms with Crippen LogP contribution in [0.4, 0.5) is 17.3 Å². The summed E-state index contributed by atoms with van der Waals surface area (Å²) in [5, 5.41) is 14.4. The number of anilines is 2. The van der Waals surface area contributed by atoms with Gasteiger partial charge in [-0.3, -0.25) is 10.1 Å². The van der Waals surface area contributed by atoms with Gasteiger partial charge in [-0.25, -0.2) is 9.97 Å². The number of hydrogen-bond donors (Lipinski definition) is 1. The Bertz CT molecular complexity index is 470. The molecule has 1 aromatic heterocycles. The topological polar surface area (TPSA) is 84.2 Å². The van der Waals surface area contributed by atoms with E-state index in [9.17, 15) is 10.1 Å². The van der Waals surface area contributed by atoms with Crippen LogP contribution in [0.5, 0.6) is 0 Å². The standard InChI is InChI=1S/C13H23N5O2/c1-6-7-8-17(5)12-10(18(19)20)11(14-9-15-12)16-13(2,3)4/h9H,6-8H2,1-5H3,(H,14,15,16). The highest BCUT2D eigenvalue weighted by Crippen LogP contribution is 2.32. The average Bonchev–Trinajstić information content (AvgIpc) is 2.33. The molecule has 0 aliphatic carbocycles. The van der Waals surface area contributed by atoms with Crippen LogP contribution in [-0.4, -0.2) is 34.0 Å². The maximum absolute atomic E-state index is 11.4. The van der Waals surface area contributed by atoms with E-state index in [1.54, 1.807) is 4.90 Å². The van der Waals surface area contributed by atoms with Gasteiger partial charge in [0.05, 0.1) is 4.92 Å². The Labute approximate surface area is 119 Å². The predicted octanol–water partition coefficient (Wildman–Crippen LogP) is 2.83. The maximum atomic E-state index is 11.4. The zero-order chi connectivity index (χ0) is 15.3. The van der Waals surface area contributed by atoms with Crippen molar-refractivity contribution in [3.63, 3.8) is 0 Å². The third-order valence-corrected chi connectivity index (χ3v) is 2.69. The highest BCUT2D eigenvalue weighted by molar-refractivity contribution is 5.70. The molecule has 0 aromatic carbocycles. The number of nitrogens with zero attached hydrogens (tertiary/aromatic N) is 4. The average molecular weight is 281 g/mol. The number of nitrogens with one attached hydrogen (secondary N) is 1. The van der Waals surface area contributed by atoms with Crippen molar-refractivity contribution in [1.29, 1.82) is 0 Å². The first-order valence-corrected chi connectivity index (χ1v) is 6.75. The Morgan fingerprint density at radius 1 is 1.40 bits per heavy atom. The quantitative estimate of drug-likeness (QED) is 0.637. The summed E-state index contributed by atoms with van der Waals surface area (Å²) >= 11 is 0. The van der Waals surface area contributed by atoms with E-state index >= 15 is 0 Å². The van der Waals surface area contributed by atoms with E-state index in [0.717, 1.165) is 19.4 Å². The molecule has 0 saturated heterocycles. The van der Waals surface area contributed by atoms with Gasteiger partial charge < -0.3 is 10.2 Å². The van der Waals surface area contributed by atoms with Gasteiger partial charge in [0.2, 0.25) is 11.6 Å². The van der Waals surface area contributed by atoms with E-state index in [1.165, 1.54) is 6.33 Å². The summed E-state index contributed by atoms with van der Waals surface area (Å²) in [5.74, 6) is 0.612. The number of hydrogen-bond acceptors (Lipinski definition) is 6. The summed E-state index contributed by atoms with van der Waals surface area (Å²) in [6.45, 7) is 8.59. The molecule has 0 unspecified atom stereocenters. The van der Waals surface area contributed by atoms with Crippen molar-refractivity contribution in [2.45, 2.75) is 46.1 Å². The van der Waals surface area contributed by atoms with Crippen molar-refractivity contribution in [1.82, 2.24) is 9.97 Å². The summed E-state index contributed by atoms with van der Waals surface area (Å²) in [4.78, 5) is 20.8. The van der Waals surface area contributed by atoms with E-state index in [2.05, 4.69) is 22.2 Å². The molecule has 1 rings (SSSR count). The van der Waals surface area contributed by atoms with E-state index in [0.29, 0.717) is 5.82 Å². The van der Waals surface area contributed by atoms with Crippen molar-refractivity contribution >= 4 is 17.3 Å². The lowest BCUT2D eigenvalue weighted by atomic mass is 10.1. The Balaban J connectivity index is 3.18. The Kier molecular flexibility index (Phi) is 5.24. The van der Waals surface area contributed by atoms with Crippen LogP contribution < -0.4 is 10.2 Å². The van der Waals surface area contributed by atoms with E-state index < -0.39 is 4.92 Å². The lowest BCUT2D eigenvalue weighted by molar-refractivity contribution is -0.383. The molecule has 0 fully saturated rings. The minimum Gasteiger partial charge on any atom is -0.360 e. The van der Waals surface area contributed by atoms with Gasteiger partial charge in [-0.15, -0.1) is 0 Å². The highest BCUT2D eigenvalue weighted by Gasteiger charge is 2.27. The van der Waals surface area contributed by atoms with Gasteiger partial charge in [-0.05, 0) is 27.2 Å². The molecule has 112 valence electrons. The molecule has 20 heavy (non-hydrogen) atoms. The molecule has 0 bridgehead atoms. The molecule has 0 aliphatic rings. The van der Waals surface area contributed by atoms with Gasteiger partial charge >= 0.3 is 5.69 Å². The number of nitro groups is 1. The smallest absolute Gasteiger partial charge is 0.353 e. The Hall–Kier alpha value is -1.92. The second kappa shape index (κ2) is 6.49. The molecule has 0 saturated carbocycles. The lowest BCUT2D eigenvalue weighted by Crippen LogP contribution is -2.28. The largest absolute Gasteiger partial charge is 0.360 e. The molecule has 1 heterocycles. The number of rotatable bonds is 6. The minimum atomic E-state index is -0.425. The maximum Gasteiger partial charge on any atom is 0.353 e.